The van der Waals surface area contributed by atoms with Gasteiger partial charge in [-0.05, 0) is 43.6 Å². The van der Waals surface area contributed by atoms with E-state index in [2.05, 4.69) is 21.6 Å². The van der Waals surface area contributed by atoms with Crippen LogP contribution in [0.3, 0.4) is 0 Å². The average molecular weight is 361 g/mol. The molecule has 0 radical (unpaired) electrons. The van der Waals surface area contributed by atoms with E-state index in [0.29, 0.717) is 6.54 Å². The summed E-state index contributed by atoms with van der Waals surface area (Å²) in [5.74, 6) is 0.515. The van der Waals surface area contributed by atoms with E-state index in [0.717, 1.165) is 24.4 Å². The Hall–Kier alpha value is -2.08. The smallest absolute Gasteiger partial charge is 0.239 e. The third-order valence-electron chi connectivity index (χ3n) is 4.64. The van der Waals surface area contributed by atoms with Gasteiger partial charge in [-0.25, -0.2) is 0 Å². The molecule has 6 heteroatoms. The number of likely N-dealkylation sites (tertiary alicyclic amines) is 1. The van der Waals surface area contributed by atoms with Gasteiger partial charge in [-0.1, -0.05) is 32.9 Å². The van der Waals surface area contributed by atoms with Crippen LogP contribution in [0.4, 0.5) is 0 Å². The summed E-state index contributed by atoms with van der Waals surface area (Å²) in [6.07, 6.45) is 2.35. The number of carbonyl (C=O) groups excluding carboxylic acids is 2. The minimum Gasteiger partial charge on any atom is -0.497 e. The van der Waals surface area contributed by atoms with Gasteiger partial charge in [-0.15, -0.1) is 0 Å². The number of carbonyl (C=O) groups is 2. The first-order chi connectivity index (χ1) is 12.3. The van der Waals surface area contributed by atoms with Gasteiger partial charge < -0.3 is 15.4 Å². The van der Waals surface area contributed by atoms with Crippen LogP contribution in [0.2, 0.25) is 0 Å². The summed E-state index contributed by atoms with van der Waals surface area (Å²) >= 11 is 0. The van der Waals surface area contributed by atoms with Crippen molar-refractivity contribution in [2.24, 2.45) is 5.41 Å². The molecular weight excluding hydrogens is 330 g/mol. The van der Waals surface area contributed by atoms with Crippen LogP contribution in [0.1, 0.15) is 45.2 Å². The molecule has 144 valence electrons. The molecule has 1 aliphatic heterocycles. The van der Waals surface area contributed by atoms with E-state index in [1.807, 2.05) is 39.0 Å². The summed E-state index contributed by atoms with van der Waals surface area (Å²) in [5.41, 5.74) is 0.629. The Balaban J connectivity index is 1.96. The van der Waals surface area contributed by atoms with Gasteiger partial charge in [-0.3, -0.25) is 14.5 Å². The molecule has 1 unspecified atom stereocenters. The summed E-state index contributed by atoms with van der Waals surface area (Å²) in [5, 5.41) is 5.66. The largest absolute Gasteiger partial charge is 0.497 e. The minimum absolute atomic E-state index is 0.000927. The first-order valence-electron chi connectivity index (χ1n) is 9.24. The predicted octanol–water partition coefficient (Wildman–Crippen LogP) is 2.11. The van der Waals surface area contributed by atoms with Crippen molar-refractivity contribution >= 4 is 11.8 Å². The average Bonchev–Trinajstić information content (AvgIpc) is 3.13. The summed E-state index contributed by atoms with van der Waals surface area (Å²) < 4.78 is 5.34. The Labute approximate surface area is 156 Å². The Morgan fingerprint density at radius 2 is 1.88 bits per heavy atom. The fraction of sp³-hybridized carbons (Fsp3) is 0.600. The van der Waals surface area contributed by atoms with Crippen LogP contribution < -0.4 is 15.4 Å². The van der Waals surface area contributed by atoms with Crippen LogP contribution in [0.15, 0.2) is 24.3 Å². The van der Waals surface area contributed by atoms with Crippen molar-refractivity contribution in [2.75, 3.05) is 33.3 Å². The van der Waals surface area contributed by atoms with Crippen LogP contribution in [0.5, 0.6) is 5.75 Å². The molecule has 0 saturated carbocycles. The van der Waals surface area contributed by atoms with E-state index in [-0.39, 0.29) is 24.4 Å². The zero-order chi connectivity index (χ0) is 19.2. The SMILES string of the molecule is COc1cccc(C(CNC(=O)CNC(=O)C(C)(C)C)N2CCCC2)c1. The molecule has 1 aromatic carbocycles. The van der Waals surface area contributed by atoms with E-state index in [1.165, 1.54) is 12.8 Å². The Morgan fingerprint density at radius 3 is 2.50 bits per heavy atom. The zero-order valence-corrected chi connectivity index (χ0v) is 16.3. The number of rotatable bonds is 7. The molecule has 26 heavy (non-hydrogen) atoms. The van der Waals surface area contributed by atoms with Crippen molar-refractivity contribution in [1.82, 2.24) is 15.5 Å². The molecule has 2 amide bonds. The van der Waals surface area contributed by atoms with E-state index in [4.69, 9.17) is 4.74 Å². The molecule has 0 aromatic heterocycles. The molecule has 2 rings (SSSR count). The Morgan fingerprint density at radius 1 is 1.19 bits per heavy atom. The molecule has 2 N–H and O–H groups in total. The molecule has 1 fully saturated rings. The molecule has 0 aliphatic carbocycles. The molecule has 6 nitrogen and oxygen atoms in total. The van der Waals surface area contributed by atoms with Gasteiger partial charge in [0.05, 0.1) is 19.7 Å². The van der Waals surface area contributed by atoms with Crippen LogP contribution in [-0.4, -0.2) is 50.0 Å². The van der Waals surface area contributed by atoms with Crippen molar-refractivity contribution in [1.29, 1.82) is 0 Å². The van der Waals surface area contributed by atoms with Gasteiger partial charge in [0.1, 0.15) is 5.75 Å². The normalized spacial score (nSPS) is 16.2. The second-order valence-electron chi connectivity index (χ2n) is 7.77. The zero-order valence-electron chi connectivity index (χ0n) is 16.3. The lowest BCUT2D eigenvalue weighted by Gasteiger charge is -2.28. The van der Waals surface area contributed by atoms with Gasteiger partial charge in [-0.2, -0.15) is 0 Å². The molecule has 1 saturated heterocycles. The fourth-order valence-electron chi connectivity index (χ4n) is 3.06. The monoisotopic (exact) mass is 361 g/mol. The summed E-state index contributed by atoms with van der Waals surface area (Å²) in [6, 6.07) is 8.10. The lowest BCUT2D eigenvalue weighted by atomic mass is 9.96. The van der Waals surface area contributed by atoms with Crippen molar-refractivity contribution in [3.05, 3.63) is 29.8 Å². The van der Waals surface area contributed by atoms with Gasteiger partial charge in [0, 0.05) is 12.0 Å². The number of hydrogen-bond donors (Lipinski definition) is 2. The predicted molar refractivity (Wildman–Crippen MR) is 102 cm³/mol. The van der Waals surface area contributed by atoms with Crippen molar-refractivity contribution < 1.29 is 14.3 Å². The highest BCUT2D eigenvalue weighted by molar-refractivity contribution is 5.87. The minimum atomic E-state index is -0.501. The molecule has 0 spiro atoms. The topological polar surface area (TPSA) is 70.7 Å². The summed E-state index contributed by atoms with van der Waals surface area (Å²) in [6.45, 7) is 8.04. The maximum Gasteiger partial charge on any atom is 0.239 e. The number of hydrogen-bond acceptors (Lipinski definition) is 4. The number of benzene rings is 1. The van der Waals surface area contributed by atoms with Crippen LogP contribution in [-0.2, 0) is 9.59 Å². The number of methoxy groups -OCH3 is 1. The molecule has 1 atom stereocenters. The highest BCUT2D eigenvalue weighted by atomic mass is 16.5. The summed E-state index contributed by atoms with van der Waals surface area (Å²) in [7, 11) is 1.66. The lowest BCUT2D eigenvalue weighted by molar-refractivity contribution is -0.131. The standard InChI is InChI=1S/C20H31N3O3/c1-20(2,3)19(25)22-14-18(24)21-13-17(23-10-5-6-11-23)15-8-7-9-16(12-15)26-4/h7-9,12,17H,5-6,10-11,13-14H2,1-4H3,(H,21,24)(H,22,25). The summed E-state index contributed by atoms with van der Waals surface area (Å²) in [4.78, 5) is 26.5. The fourth-order valence-corrected chi connectivity index (χ4v) is 3.06. The highest BCUT2D eigenvalue weighted by Gasteiger charge is 2.25. The van der Waals surface area contributed by atoms with Crippen molar-refractivity contribution in [3.63, 3.8) is 0 Å². The molecule has 0 bridgehead atoms. The third kappa shape index (κ3) is 5.73. The highest BCUT2D eigenvalue weighted by Crippen LogP contribution is 2.27. The van der Waals surface area contributed by atoms with Crippen LogP contribution in [0.25, 0.3) is 0 Å². The third-order valence-corrected chi connectivity index (χ3v) is 4.64. The van der Waals surface area contributed by atoms with E-state index < -0.39 is 5.41 Å². The van der Waals surface area contributed by atoms with Crippen molar-refractivity contribution in [3.8, 4) is 5.75 Å². The van der Waals surface area contributed by atoms with Gasteiger partial charge >= 0.3 is 0 Å². The molecule has 1 aromatic rings. The van der Waals surface area contributed by atoms with Gasteiger partial charge in [0.2, 0.25) is 11.8 Å². The van der Waals surface area contributed by atoms with E-state index >= 15 is 0 Å². The van der Waals surface area contributed by atoms with Gasteiger partial charge in [0.15, 0.2) is 0 Å². The number of amides is 2. The van der Waals surface area contributed by atoms with Crippen molar-refractivity contribution in [2.45, 2.75) is 39.7 Å². The quantitative estimate of drug-likeness (QED) is 0.780. The maximum absolute atomic E-state index is 12.2. The molecule has 1 heterocycles. The second-order valence-corrected chi connectivity index (χ2v) is 7.77. The lowest BCUT2D eigenvalue weighted by Crippen LogP contribution is -2.44. The van der Waals surface area contributed by atoms with Crippen LogP contribution in [0, 0.1) is 5.41 Å². The van der Waals surface area contributed by atoms with Crippen LogP contribution >= 0.6 is 0 Å². The Bertz CT molecular complexity index is 619. The molecule has 1 aliphatic rings. The second kappa shape index (κ2) is 9.03. The number of nitrogens with zero attached hydrogens (tertiary/aromatic N) is 1. The number of nitrogens with one attached hydrogen (secondary N) is 2. The number of ether oxygens (including phenoxy) is 1. The molecular formula is C20H31N3O3. The first-order valence-corrected chi connectivity index (χ1v) is 9.24. The maximum atomic E-state index is 12.2. The first kappa shape index (κ1) is 20.2. The van der Waals surface area contributed by atoms with Gasteiger partial charge in [0.25, 0.3) is 0 Å². The Kier molecular flexibility index (Phi) is 7.03. The van der Waals surface area contributed by atoms with E-state index in [1.54, 1.807) is 7.11 Å². The van der Waals surface area contributed by atoms with E-state index in [9.17, 15) is 9.59 Å².